The second-order valence-corrected chi connectivity index (χ2v) is 11.6. The first-order chi connectivity index (χ1) is 22.0. The SMILES string of the molecule is O=c1[nH]c(-c2cc(F)c(OCc3sc(-c4ccc(C(F)(F)F)cc4)nc3CN3CCC(C(F)(F)F)CC3)cc2OCC(F)(F)F)no1. The first-order valence-corrected chi connectivity index (χ1v) is 14.5. The molecule has 0 unspecified atom stereocenters. The molecule has 19 heteroatoms. The van der Waals surface area contributed by atoms with Gasteiger partial charge in [0, 0.05) is 18.2 Å². The minimum Gasteiger partial charge on any atom is -0.485 e. The molecule has 254 valence electrons. The molecule has 3 heterocycles. The minimum atomic E-state index is -4.79. The number of halogens is 10. The molecule has 1 N–H and O–H groups in total. The van der Waals surface area contributed by atoms with Crippen molar-refractivity contribution in [2.24, 2.45) is 5.92 Å². The third-order valence-electron chi connectivity index (χ3n) is 7.14. The third kappa shape index (κ3) is 8.62. The number of nitrogens with one attached hydrogen (secondary N) is 1. The summed E-state index contributed by atoms with van der Waals surface area (Å²) >= 11 is 0.976. The molecule has 1 aliphatic rings. The lowest BCUT2D eigenvalue weighted by Gasteiger charge is -2.32. The zero-order valence-corrected chi connectivity index (χ0v) is 24.5. The van der Waals surface area contributed by atoms with Gasteiger partial charge in [0.05, 0.1) is 27.6 Å². The molecule has 5 rings (SSSR count). The van der Waals surface area contributed by atoms with Gasteiger partial charge in [0.2, 0.25) is 0 Å². The average molecular weight is 701 g/mol. The van der Waals surface area contributed by atoms with Crippen LogP contribution in [0.2, 0.25) is 0 Å². The Balaban J connectivity index is 1.42. The predicted molar refractivity (Wildman–Crippen MR) is 145 cm³/mol. The lowest BCUT2D eigenvalue weighted by Crippen LogP contribution is -2.38. The number of benzene rings is 2. The molecule has 1 aliphatic heterocycles. The molecule has 0 radical (unpaired) electrons. The second-order valence-electron chi connectivity index (χ2n) is 10.5. The summed E-state index contributed by atoms with van der Waals surface area (Å²) in [5, 5.41) is 3.59. The quantitative estimate of drug-likeness (QED) is 0.180. The average Bonchev–Trinajstić information content (AvgIpc) is 3.60. The van der Waals surface area contributed by atoms with Gasteiger partial charge < -0.3 is 9.47 Å². The molecule has 0 amide bonds. The number of alkyl halides is 9. The summed E-state index contributed by atoms with van der Waals surface area (Å²) in [5.74, 6) is -5.17. The first-order valence-electron chi connectivity index (χ1n) is 13.6. The Labute approximate surface area is 261 Å². The number of hydrogen-bond acceptors (Lipinski definition) is 8. The van der Waals surface area contributed by atoms with Gasteiger partial charge >= 0.3 is 24.3 Å². The highest BCUT2D eigenvalue weighted by atomic mass is 32.1. The summed E-state index contributed by atoms with van der Waals surface area (Å²) in [6.07, 6.45) is -14.0. The van der Waals surface area contributed by atoms with Gasteiger partial charge in [-0.2, -0.15) is 39.5 Å². The van der Waals surface area contributed by atoms with Crippen molar-refractivity contribution >= 4 is 11.3 Å². The topological polar surface area (TPSA) is 93.5 Å². The molecule has 2 aromatic carbocycles. The highest BCUT2D eigenvalue weighted by Gasteiger charge is 2.41. The largest absolute Gasteiger partial charge is 0.485 e. The molecule has 1 fully saturated rings. The van der Waals surface area contributed by atoms with Gasteiger partial charge in [-0.15, -0.1) is 11.3 Å². The third-order valence-corrected chi connectivity index (χ3v) is 8.26. The molecular weight excluding hydrogens is 678 g/mol. The van der Waals surface area contributed by atoms with E-state index in [1.54, 1.807) is 4.90 Å². The lowest BCUT2D eigenvalue weighted by molar-refractivity contribution is -0.185. The molecule has 8 nitrogen and oxygen atoms in total. The van der Waals surface area contributed by atoms with Crippen LogP contribution in [-0.4, -0.2) is 52.1 Å². The summed E-state index contributed by atoms with van der Waals surface area (Å²) in [6.45, 7) is -2.01. The number of thiazole rings is 1. The number of aromatic amines is 1. The van der Waals surface area contributed by atoms with Crippen molar-refractivity contribution < 1.29 is 57.9 Å². The van der Waals surface area contributed by atoms with Gasteiger partial charge in [-0.25, -0.2) is 14.2 Å². The predicted octanol–water partition coefficient (Wildman–Crippen LogP) is 7.61. The number of aromatic nitrogens is 3. The summed E-state index contributed by atoms with van der Waals surface area (Å²) < 4.78 is 147. The van der Waals surface area contributed by atoms with E-state index in [0.29, 0.717) is 22.2 Å². The van der Waals surface area contributed by atoms with Crippen molar-refractivity contribution in [2.75, 3.05) is 19.7 Å². The van der Waals surface area contributed by atoms with E-state index < -0.39 is 72.1 Å². The van der Waals surface area contributed by atoms with Crippen LogP contribution < -0.4 is 15.2 Å². The van der Waals surface area contributed by atoms with Crippen molar-refractivity contribution in [1.29, 1.82) is 0 Å². The summed E-state index contributed by atoms with van der Waals surface area (Å²) in [6, 6.07) is 5.62. The van der Waals surface area contributed by atoms with Crippen LogP contribution in [0, 0.1) is 11.7 Å². The van der Waals surface area contributed by atoms with Gasteiger partial charge in [0.15, 0.2) is 24.0 Å². The molecule has 0 saturated carbocycles. The zero-order valence-electron chi connectivity index (χ0n) is 23.7. The van der Waals surface area contributed by atoms with E-state index in [2.05, 4.69) is 19.6 Å². The smallest absolute Gasteiger partial charge is 0.439 e. The number of nitrogens with zero attached hydrogens (tertiary/aromatic N) is 3. The van der Waals surface area contributed by atoms with Gasteiger partial charge in [-0.05, 0) is 44.1 Å². The van der Waals surface area contributed by atoms with Crippen LogP contribution in [0.4, 0.5) is 43.9 Å². The van der Waals surface area contributed by atoms with E-state index in [1.807, 2.05) is 0 Å². The fourth-order valence-corrected chi connectivity index (χ4v) is 5.76. The molecule has 1 saturated heterocycles. The van der Waals surface area contributed by atoms with E-state index in [9.17, 15) is 44.3 Å². The molecular formula is C28H22F10N4O4S. The number of piperidine rings is 1. The van der Waals surface area contributed by atoms with Crippen molar-refractivity contribution in [2.45, 2.75) is 44.5 Å². The number of rotatable bonds is 9. The van der Waals surface area contributed by atoms with Crippen LogP contribution in [0.15, 0.2) is 45.7 Å². The Morgan fingerprint density at radius 2 is 1.64 bits per heavy atom. The number of H-pyrrole nitrogens is 1. The van der Waals surface area contributed by atoms with Crippen LogP contribution in [0.1, 0.15) is 29.0 Å². The number of hydrogen-bond donors (Lipinski definition) is 1. The van der Waals surface area contributed by atoms with Gasteiger partial charge in [-0.3, -0.25) is 14.4 Å². The Kier molecular flexibility index (Phi) is 9.59. The van der Waals surface area contributed by atoms with Crippen LogP contribution in [0.5, 0.6) is 11.5 Å². The molecule has 0 bridgehead atoms. The summed E-state index contributed by atoms with van der Waals surface area (Å²) in [4.78, 5) is 20.0. The van der Waals surface area contributed by atoms with E-state index >= 15 is 4.39 Å². The molecule has 47 heavy (non-hydrogen) atoms. The van der Waals surface area contributed by atoms with Crippen LogP contribution >= 0.6 is 11.3 Å². The Morgan fingerprint density at radius 1 is 0.957 bits per heavy atom. The van der Waals surface area contributed by atoms with Crippen molar-refractivity contribution in [3.05, 3.63) is 68.9 Å². The van der Waals surface area contributed by atoms with Crippen LogP contribution in [0.3, 0.4) is 0 Å². The van der Waals surface area contributed by atoms with Crippen LogP contribution in [0.25, 0.3) is 22.0 Å². The fraction of sp³-hybridized carbons (Fsp3) is 0.393. The molecule has 4 aromatic rings. The maximum absolute atomic E-state index is 15.2. The van der Waals surface area contributed by atoms with Crippen LogP contribution in [-0.2, 0) is 19.3 Å². The Morgan fingerprint density at radius 3 is 2.21 bits per heavy atom. The lowest BCUT2D eigenvalue weighted by atomic mass is 9.96. The van der Waals surface area contributed by atoms with Crippen molar-refractivity contribution in [3.63, 3.8) is 0 Å². The minimum absolute atomic E-state index is 0.0429. The standard InChI is InChI=1S/C28H22F10N4O4S/c29-18-9-17(23-40-25(43)46-41-23)20(45-13-26(30,31)32)10-21(18)44-12-22-19(11-42-7-5-16(6-8-42)28(36,37)38)39-24(47-22)14-1-3-15(4-2-14)27(33,34)35/h1-4,9-10,16H,5-8,11-13H2,(H,40,41,43). The second kappa shape index (κ2) is 13.2. The van der Waals surface area contributed by atoms with E-state index in [4.69, 9.17) is 9.47 Å². The maximum atomic E-state index is 15.2. The molecule has 2 aromatic heterocycles. The van der Waals surface area contributed by atoms with Gasteiger partial charge in [0.1, 0.15) is 17.4 Å². The Hall–Kier alpha value is -4.13. The number of ether oxygens (including phenoxy) is 2. The van der Waals surface area contributed by atoms with Crippen molar-refractivity contribution in [1.82, 2.24) is 20.0 Å². The number of likely N-dealkylation sites (tertiary alicyclic amines) is 1. The Bertz CT molecular complexity index is 1740. The zero-order chi connectivity index (χ0) is 34.1. The highest BCUT2D eigenvalue weighted by molar-refractivity contribution is 7.15. The summed E-state index contributed by atoms with van der Waals surface area (Å²) in [7, 11) is 0. The van der Waals surface area contributed by atoms with Gasteiger partial charge in [-0.1, -0.05) is 17.3 Å². The first kappa shape index (κ1) is 34.2. The fourth-order valence-electron chi connectivity index (χ4n) is 4.77. The monoisotopic (exact) mass is 700 g/mol. The molecule has 0 spiro atoms. The maximum Gasteiger partial charge on any atom is 0.439 e. The van der Waals surface area contributed by atoms with E-state index in [0.717, 1.165) is 29.5 Å². The van der Waals surface area contributed by atoms with Crippen molar-refractivity contribution in [3.8, 4) is 33.5 Å². The highest BCUT2D eigenvalue weighted by Crippen LogP contribution is 2.38. The molecule has 0 atom stereocenters. The molecule has 0 aliphatic carbocycles. The normalized spacial score (nSPS) is 15.3. The van der Waals surface area contributed by atoms with E-state index in [1.165, 1.54) is 12.1 Å². The summed E-state index contributed by atoms with van der Waals surface area (Å²) in [5.41, 5.74) is -0.672. The van der Waals surface area contributed by atoms with Gasteiger partial charge in [0.25, 0.3) is 0 Å². The van der Waals surface area contributed by atoms with E-state index in [-0.39, 0.29) is 43.0 Å².